The van der Waals surface area contributed by atoms with Crippen molar-refractivity contribution in [3.8, 4) is 5.75 Å². The zero-order valence-electron chi connectivity index (χ0n) is 13.6. The highest BCUT2D eigenvalue weighted by Crippen LogP contribution is 2.31. The Morgan fingerprint density at radius 3 is 2.72 bits per heavy atom. The molecule has 0 radical (unpaired) electrons. The highest BCUT2D eigenvalue weighted by molar-refractivity contribution is 5.78. The number of alkyl halides is 3. The predicted molar refractivity (Wildman–Crippen MR) is 82.0 cm³/mol. The number of nitrogens with zero attached hydrogens (tertiary/aromatic N) is 1. The largest absolute Gasteiger partial charge is 0.484 e. The minimum Gasteiger partial charge on any atom is -0.484 e. The number of likely N-dealkylation sites (tertiary alicyclic amines) is 1. The van der Waals surface area contributed by atoms with Gasteiger partial charge in [0.05, 0.1) is 24.8 Å². The van der Waals surface area contributed by atoms with Gasteiger partial charge in [-0.3, -0.25) is 4.79 Å². The van der Waals surface area contributed by atoms with Gasteiger partial charge in [-0.1, -0.05) is 6.07 Å². The van der Waals surface area contributed by atoms with Gasteiger partial charge in [-0.15, -0.1) is 0 Å². The molecule has 3 rings (SSSR count). The first-order chi connectivity index (χ1) is 11.9. The van der Waals surface area contributed by atoms with Crippen LogP contribution < -0.4 is 4.74 Å². The van der Waals surface area contributed by atoms with Gasteiger partial charge >= 0.3 is 6.18 Å². The molecule has 1 unspecified atom stereocenters. The summed E-state index contributed by atoms with van der Waals surface area (Å²) in [6.07, 6.45) is -2.25. The third-order valence-electron chi connectivity index (χ3n) is 4.35. The van der Waals surface area contributed by atoms with Crippen molar-refractivity contribution in [2.75, 3.05) is 26.4 Å². The van der Waals surface area contributed by atoms with Crippen molar-refractivity contribution in [3.05, 3.63) is 29.8 Å². The molecule has 8 heteroatoms. The number of ether oxygens (including phenoxy) is 3. The van der Waals surface area contributed by atoms with Gasteiger partial charge in [0.1, 0.15) is 5.75 Å². The summed E-state index contributed by atoms with van der Waals surface area (Å²) in [6, 6.07) is 4.34. The van der Waals surface area contributed by atoms with E-state index in [-0.39, 0.29) is 24.3 Å². The Morgan fingerprint density at radius 1 is 1.24 bits per heavy atom. The van der Waals surface area contributed by atoms with Gasteiger partial charge in [0.2, 0.25) is 0 Å². The average molecular weight is 359 g/mol. The monoisotopic (exact) mass is 359 g/mol. The summed E-state index contributed by atoms with van der Waals surface area (Å²) in [7, 11) is 0. The molecule has 2 fully saturated rings. The molecule has 2 aliphatic rings. The van der Waals surface area contributed by atoms with Gasteiger partial charge in [-0.25, -0.2) is 0 Å². The van der Waals surface area contributed by atoms with E-state index in [0.29, 0.717) is 19.8 Å². The lowest BCUT2D eigenvalue weighted by Crippen LogP contribution is -2.51. The number of halogens is 3. The molecule has 1 aromatic rings. The number of benzene rings is 1. The summed E-state index contributed by atoms with van der Waals surface area (Å²) < 4.78 is 54.5. The lowest BCUT2D eigenvalue weighted by molar-refractivity contribution is -0.152. The molecule has 0 N–H and O–H groups in total. The Labute approximate surface area is 143 Å². The molecule has 0 aromatic heterocycles. The maximum Gasteiger partial charge on any atom is 0.416 e. The van der Waals surface area contributed by atoms with Crippen LogP contribution in [-0.2, 0) is 20.4 Å². The van der Waals surface area contributed by atoms with E-state index in [2.05, 4.69) is 0 Å². The zero-order valence-corrected chi connectivity index (χ0v) is 13.6. The Balaban J connectivity index is 1.61. The van der Waals surface area contributed by atoms with Crippen molar-refractivity contribution in [2.24, 2.45) is 0 Å². The van der Waals surface area contributed by atoms with E-state index >= 15 is 0 Å². The average Bonchev–Trinajstić information content (AvgIpc) is 3.14. The Kier molecular flexibility index (Phi) is 5.48. The van der Waals surface area contributed by atoms with Crippen molar-refractivity contribution in [1.82, 2.24) is 4.90 Å². The van der Waals surface area contributed by atoms with Gasteiger partial charge in [-0.2, -0.15) is 13.2 Å². The first-order valence-electron chi connectivity index (χ1n) is 8.28. The first kappa shape index (κ1) is 18.0. The number of amides is 1. The molecule has 2 heterocycles. The number of carbonyl (C=O) groups excluding carboxylic acids is 1. The SMILES string of the molecule is O=C(COc1cccc(C(F)(F)F)c1)N1CCCCC1C1OCCO1. The van der Waals surface area contributed by atoms with E-state index < -0.39 is 18.0 Å². The number of hydrogen-bond acceptors (Lipinski definition) is 4. The van der Waals surface area contributed by atoms with Crippen LogP contribution in [0.3, 0.4) is 0 Å². The number of piperidine rings is 1. The Bertz CT molecular complexity index is 602. The molecule has 0 bridgehead atoms. The van der Waals surface area contributed by atoms with Crippen LogP contribution in [0, 0.1) is 0 Å². The third kappa shape index (κ3) is 4.43. The van der Waals surface area contributed by atoms with Gasteiger partial charge < -0.3 is 19.1 Å². The molecular weight excluding hydrogens is 339 g/mol. The fourth-order valence-electron chi connectivity index (χ4n) is 3.14. The normalized spacial score (nSPS) is 22.2. The van der Waals surface area contributed by atoms with Crippen LogP contribution >= 0.6 is 0 Å². The van der Waals surface area contributed by atoms with Crippen LogP contribution in [0.2, 0.25) is 0 Å². The molecule has 5 nitrogen and oxygen atoms in total. The topological polar surface area (TPSA) is 48.0 Å². The van der Waals surface area contributed by atoms with Crippen molar-refractivity contribution < 1.29 is 32.2 Å². The molecule has 25 heavy (non-hydrogen) atoms. The van der Waals surface area contributed by atoms with Crippen LogP contribution in [0.4, 0.5) is 13.2 Å². The van der Waals surface area contributed by atoms with Crippen molar-refractivity contribution in [3.63, 3.8) is 0 Å². The summed E-state index contributed by atoms with van der Waals surface area (Å²) in [6.45, 7) is 1.26. The van der Waals surface area contributed by atoms with Crippen LogP contribution in [-0.4, -0.2) is 49.5 Å². The van der Waals surface area contributed by atoms with Crippen LogP contribution in [0.1, 0.15) is 24.8 Å². The van der Waals surface area contributed by atoms with E-state index in [1.807, 2.05) is 0 Å². The second kappa shape index (κ2) is 7.61. The number of hydrogen-bond donors (Lipinski definition) is 0. The fraction of sp³-hybridized carbons (Fsp3) is 0.588. The summed E-state index contributed by atoms with van der Waals surface area (Å²) in [5.41, 5.74) is -0.805. The highest BCUT2D eigenvalue weighted by atomic mass is 19.4. The Hall–Kier alpha value is -1.80. The smallest absolute Gasteiger partial charge is 0.416 e. The van der Waals surface area contributed by atoms with Crippen LogP contribution in [0.5, 0.6) is 5.75 Å². The summed E-state index contributed by atoms with van der Waals surface area (Å²) in [5, 5.41) is 0. The molecular formula is C17H20F3NO4. The highest BCUT2D eigenvalue weighted by Gasteiger charge is 2.36. The van der Waals surface area contributed by atoms with E-state index in [1.54, 1.807) is 4.90 Å². The van der Waals surface area contributed by atoms with Crippen LogP contribution in [0.15, 0.2) is 24.3 Å². The van der Waals surface area contributed by atoms with E-state index in [0.717, 1.165) is 31.4 Å². The second-order valence-corrected chi connectivity index (χ2v) is 6.07. The fourth-order valence-corrected chi connectivity index (χ4v) is 3.14. The number of rotatable bonds is 4. The minimum atomic E-state index is -4.45. The standard InChI is InChI=1S/C17H20F3NO4/c18-17(19,20)12-4-3-5-13(10-12)25-11-15(22)21-7-2-1-6-14(21)16-23-8-9-24-16/h3-5,10,14,16H,1-2,6-9,11H2. The molecule has 2 saturated heterocycles. The third-order valence-corrected chi connectivity index (χ3v) is 4.35. The summed E-state index contributed by atoms with van der Waals surface area (Å²) >= 11 is 0. The predicted octanol–water partition coefficient (Wildman–Crippen LogP) is 2.84. The molecule has 0 saturated carbocycles. The molecule has 2 aliphatic heterocycles. The van der Waals surface area contributed by atoms with Crippen molar-refractivity contribution >= 4 is 5.91 Å². The van der Waals surface area contributed by atoms with Gasteiger partial charge in [0, 0.05) is 6.54 Å². The zero-order chi connectivity index (χ0) is 17.9. The van der Waals surface area contributed by atoms with E-state index in [4.69, 9.17) is 14.2 Å². The van der Waals surface area contributed by atoms with E-state index in [1.165, 1.54) is 12.1 Å². The summed E-state index contributed by atoms with van der Waals surface area (Å²) in [4.78, 5) is 14.1. The first-order valence-corrected chi connectivity index (χ1v) is 8.28. The Morgan fingerprint density at radius 2 is 2.00 bits per heavy atom. The quantitative estimate of drug-likeness (QED) is 0.830. The summed E-state index contributed by atoms with van der Waals surface area (Å²) in [5.74, 6) is -0.258. The van der Waals surface area contributed by atoms with Gasteiger partial charge in [-0.05, 0) is 37.5 Å². The lowest BCUT2D eigenvalue weighted by Gasteiger charge is -2.37. The molecule has 0 spiro atoms. The second-order valence-electron chi connectivity index (χ2n) is 6.07. The molecule has 1 aromatic carbocycles. The molecule has 0 aliphatic carbocycles. The van der Waals surface area contributed by atoms with E-state index in [9.17, 15) is 18.0 Å². The van der Waals surface area contributed by atoms with Crippen LogP contribution in [0.25, 0.3) is 0 Å². The minimum absolute atomic E-state index is 0.0186. The van der Waals surface area contributed by atoms with Gasteiger partial charge in [0.25, 0.3) is 5.91 Å². The van der Waals surface area contributed by atoms with Crippen molar-refractivity contribution in [1.29, 1.82) is 0 Å². The van der Waals surface area contributed by atoms with Gasteiger partial charge in [0.15, 0.2) is 12.9 Å². The maximum absolute atomic E-state index is 12.7. The molecule has 1 atom stereocenters. The maximum atomic E-state index is 12.7. The molecule has 138 valence electrons. The lowest BCUT2D eigenvalue weighted by atomic mass is 10.0. The van der Waals surface area contributed by atoms with Crippen molar-refractivity contribution in [2.45, 2.75) is 37.8 Å². The number of carbonyl (C=O) groups is 1. The molecule has 1 amide bonds.